The average molecular weight is 447 g/mol. The Morgan fingerprint density at radius 3 is 2.19 bits per heavy atom. The lowest BCUT2D eigenvalue weighted by Crippen LogP contribution is -2.41. The van der Waals surface area contributed by atoms with Crippen LogP contribution < -0.4 is 10.2 Å². The van der Waals surface area contributed by atoms with Gasteiger partial charge in [-0.3, -0.25) is 0 Å². The Hall–Kier alpha value is -2.65. The van der Waals surface area contributed by atoms with Gasteiger partial charge in [0.1, 0.15) is 5.75 Å². The first-order chi connectivity index (χ1) is 14.8. The van der Waals surface area contributed by atoms with Crippen molar-refractivity contribution in [2.75, 3.05) is 0 Å². The van der Waals surface area contributed by atoms with Crippen LogP contribution in [0.2, 0.25) is 0 Å². The Kier molecular flexibility index (Phi) is 5.25. The van der Waals surface area contributed by atoms with E-state index >= 15 is 0 Å². The molecule has 32 heavy (non-hydrogen) atoms. The van der Waals surface area contributed by atoms with Gasteiger partial charge in [0.15, 0.2) is 5.88 Å². The molecule has 0 aliphatic carbocycles. The highest BCUT2D eigenvalue weighted by molar-refractivity contribution is 6.62. The van der Waals surface area contributed by atoms with Gasteiger partial charge in [0, 0.05) is 17.0 Å². The van der Waals surface area contributed by atoms with E-state index < -0.39 is 24.7 Å². The molecular weight excluding hydrogens is 422 g/mol. The van der Waals surface area contributed by atoms with Crippen molar-refractivity contribution in [3.8, 4) is 11.6 Å². The molecule has 1 fully saturated rings. The molecule has 0 spiro atoms. The van der Waals surface area contributed by atoms with Crippen molar-refractivity contribution >= 4 is 23.4 Å². The number of hydrogen-bond donors (Lipinski definition) is 1. The summed E-state index contributed by atoms with van der Waals surface area (Å²) in [7, 11) is -0.519. The number of hydrogen-bond acceptors (Lipinski definition) is 4. The number of benzene rings is 2. The van der Waals surface area contributed by atoms with Crippen molar-refractivity contribution in [2.45, 2.75) is 58.7 Å². The second-order valence-electron chi connectivity index (χ2n) is 9.16. The number of ether oxygens (including phenoxy) is 1. The molecular formula is C23H25BF3NO4. The first-order valence-electron chi connectivity index (χ1n) is 10.3. The molecule has 1 aliphatic rings. The molecule has 0 bridgehead atoms. The first-order valence-corrected chi connectivity index (χ1v) is 10.3. The second kappa shape index (κ2) is 7.45. The smallest absolute Gasteiger partial charge is 0.494 e. The number of fused-ring (bicyclic) bond motifs is 1. The minimum absolute atomic E-state index is 0.0913. The predicted octanol–water partition coefficient (Wildman–Crippen LogP) is 4.90. The molecule has 5 nitrogen and oxygen atoms in total. The molecule has 0 saturated carbocycles. The maximum absolute atomic E-state index is 12.4. The van der Waals surface area contributed by atoms with E-state index in [-0.39, 0.29) is 18.2 Å². The quantitative estimate of drug-likeness (QED) is 0.579. The Bertz CT molecular complexity index is 1140. The number of aryl methyl sites for hydroxylation is 1. The summed E-state index contributed by atoms with van der Waals surface area (Å²) >= 11 is 0. The lowest BCUT2D eigenvalue weighted by Gasteiger charge is -2.32. The normalized spacial score (nSPS) is 17.8. The molecule has 1 saturated heterocycles. The lowest BCUT2D eigenvalue weighted by molar-refractivity contribution is -0.274. The van der Waals surface area contributed by atoms with E-state index in [1.807, 2.05) is 52.9 Å². The third-order valence-corrected chi connectivity index (χ3v) is 6.21. The van der Waals surface area contributed by atoms with Crippen LogP contribution in [0, 0.1) is 6.92 Å². The summed E-state index contributed by atoms with van der Waals surface area (Å²) in [6, 6.07) is 9.45. The first kappa shape index (κ1) is 22.5. The van der Waals surface area contributed by atoms with Gasteiger partial charge in [-0.15, -0.1) is 13.2 Å². The Morgan fingerprint density at radius 2 is 1.62 bits per heavy atom. The molecule has 170 valence electrons. The fourth-order valence-electron chi connectivity index (χ4n) is 3.85. The van der Waals surface area contributed by atoms with Gasteiger partial charge in [-0.2, -0.15) is 0 Å². The summed E-state index contributed by atoms with van der Waals surface area (Å²) in [5.74, 6) is -0.195. The zero-order chi connectivity index (χ0) is 23.5. The van der Waals surface area contributed by atoms with Crippen molar-refractivity contribution in [1.29, 1.82) is 0 Å². The molecule has 0 radical (unpaired) electrons. The zero-order valence-electron chi connectivity index (χ0n) is 18.6. The van der Waals surface area contributed by atoms with Gasteiger partial charge < -0.3 is 23.7 Å². The van der Waals surface area contributed by atoms with Gasteiger partial charge in [-0.1, -0.05) is 24.3 Å². The van der Waals surface area contributed by atoms with Gasteiger partial charge in [0.25, 0.3) is 0 Å². The van der Waals surface area contributed by atoms with Crippen molar-refractivity contribution in [2.24, 2.45) is 0 Å². The van der Waals surface area contributed by atoms with Crippen LogP contribution in [0.25, 0.3) is 10.8 Å². The third-order valence-electron chi connectivity index (χ3n) is 6.21. The number of aromatic hydroxyl groups is 1. The number of nitrogens with zero attached hydrogens (tertiary/aromatic N) is 1. The molecule has 2 heterocycles. The van der Waals surface area contributed by atoms with E-state index in [1.54, 1.807) is 4.57 Å². The van der Waals surface area contributed by atoms with E-state index in [9.17, 15) is 18.3 Å². The maximum Gasteiger partial charge on any atom is 0.573 e. The summed E-state index contributed by atoms with van der Waals surface area (Å²) in [6.07, 6.45) is -2.92. The van der Waals surface area contributed by atoms with Gasteiger partial charge in [0.05, 0.1) is 17.7 Å². The Morgan fingerprint density at radius 1 is 1.03 bits per heavy atom. The monoisotopic (exact) mass is 447 g/mol. The lowest BCUT2D eigenvalue weighted by atomic mass is 9.77. The Labute approximate surface area is 184 Å². The van der Waals surface area contributed by atoms with E-state index in [4.69, 9.17) is 9.31 Å². The van der Waals surface area contributed by atoms with Crippen molar-refractivity contribution in [3.63, 3.8) is 0 Å². The van der Waals surface area contributed by atoms with Crippen LogP contribution in [-0.2, 0) is 15.9 Å². The topological polar surface area (TPSA) is 52.9 Å². The number of alkyl halides is 3. The molecule has 2 aromatic carbocycles. The van der Waals surface area contributed by atoms with E-state index in [1.165, 1.54) is 24.3 Å². The summed E-state index contributed by atoms with van der Waals surface area (Å²) in [5, 5.41) is 12.3. The summed E-state index contributed by atoms with van der Waals surface area (Å²) in [5.41, 5.74) is 1.53. The highest BCUT2D eigenvalue weighted by Crippen LogP contribution is 2.37. The summed E-state index contributed by atoms with van der Waals surface area (Å²) in [4.78, 5) is 0. The van der Waals surface area contributed by atoms with Crippen molar-refractivity contribution in [1.82, 2.24) is 4.57 Å². The highest BCUT2D eigenvalue weighted by Gasteiger charge is 2.51. The summed E-state index contributed by atoms with van der Waals surface area (Å²) in [6.45, 7) is 10.2. The molecule has 3 aromatic rings. The van der Waals surface area contributed by atoms with E-state index in [0.717, 1.165) is 22.0 Å². The Balaban J connectivity index is 1.61. The van der Waals surface area contributed by atoms with Crippen LogP contribution in [0.1, 0.15) is 38.8 Å². The highest BCUT2D eigenvalue weighted by atomic mass is 19.4. The number of halogens is 3. The van der Waals surface area contributed by atoms with Crippen LogP contribution in [0.5, 0.6) is 11.6 Å². The van der Waals surface area contributed by atoms with E-state index in [2.05, 4.69) is 4.74 Å². The molecule has 1 aliphatic heterocycles. The van der Waals surface area contributed by atoms with Crippen LogP contribution in [-0.4, -0.2) is 34.4 Å². The molecule has 0 atom stereocenters. The fraction of sp³-hybridized carbons (Fsp3) is 0.391. The van der Waals surface area contributed by atoms with E-state index in [0.29, 0.717) is 5.39 Å². The standard InChI is InChI=1S/C23H25BF3NO4/c1-14-10-17(24-31-21(2,3)22(4,5)32-24)11-16-13-28(20(29)19(14)16)12-15-6-8-18(9-7-15)30-23(25,26)27/h6-11,13,29H,12H2,1-5H3. The largest absolute Gasteiger partial charge is 0.573 e. The molecule has 9 heteroatoms. The second-order valence-corrected chi connectivity index (χ2v) is 9.16. The van der Waals surface area contributed by atoms with Gasteiger partial charge in [-0.25, -0.2) is 0 Å². The van der Waals surface area contributed by atoms with Gasteiger partial charge in [-0.05, 0) is 63.3 Å². The molecule has 0 amide bonds. The van der Waals surface area contributed by atoms with Crippen LogP contribution in [0.3, 0.4) is 0 Å². The molecule has 1 aromatic heterocycles. The SMILES string of the molecule is Cc1cc(B2OC(C)(C)C(C)(C)O2)cc2cn(Cc3ccc(OC(F)(F)F)cc3)c(O)c12. The predicted molar refractivity (Wildman–Crippen MR) is 116 cm³/mol. The van der Waals surface area contributed by atoms with Gasteiger partial charge >= 0.3 is 13.5 Å². The van der Waals surface area contributed by atoms with Crippen molar-refractivity contribution in [3.05, 3.63) is 53.7 Å². The minimum atomic E-state index is -4.73. The number of rotatable bonds is 4. The summed E-state index contributed by atoms with van der Waals surface area (Å²) < 4.78 is 54.9. The average Bonchev–Trinajstić information content (AvgIpc) is 3.08. The van der Waals surface area contributed by atoms with Crippen LogP contribution >= 0.6 is 0 Å². The maximum atomic E-state index is 12.4. The molecule has 4 rings (SSSR count). The van der Waals surface area contributed by atoms with Crippen LogP contribution in [0.4, 0.5) is 13.2 Å². The number of aromatic nitrogens is 1. The van der Waals surface area contributed by atoms with Gasteiger partial charge in [0.2, 0.25) is 0 Å². The molecule has 0 unspecified atom stereocenters. The van der Waals surface area contributed by atoms with Crippen LogP contribution in [0.15, 0.2) is 42.6 Å². The fourth-order valence-corrected chi connectivity index (χ4v) is 3.85. The minimum Gasteiger partial charge on any atom is -0.494 e. The van der Waals surface area contributed by atoms with Crippen molar-refractivity contribution < 1.29 is 32.3 Å². The third kappa shape index (κ3) is 4.19. The zero-order valence-corrected chi connectivity index (χ0v) is 18.6. The molecule has 1 N–H and O–H groups in total.